The van der Waals surface area contributed by atoms with Gasteiger partial charge in [-0.15, -0.1) is 0 Å². The van der Waals surface area contributed by atoms with E-state index in [1.807, 2.05) is 39.0 Å². The zero-order valence-electron chi connectivity index (χ0n) is 13.8. The Morgan fingerprint density at radius 2 is 1.64 bits per heavy atom. The topological polar surface area (TPSA) is 49.4 Å². The highest BCUT2D eigenvalue weighted by atomic mass is 16.2. The van der Waals surface area contributed by atoms with Gasteiger partial charge in [-0.25, -0.2) is 10.4 Å². The van der Waals surface area contributed by atoms with Crippen LogP contribution in [0.3, 0.4) is 0 Å². The van der Waals surface area contributed by atoms with Crippen LogP contribution in [0.5, 0.6) is 0 Å². The van der Waals surface area contributed by atoms with Gasteiger partial charge >= 0.3 is 0 Å². The zero-order valence-corrected chi connectivity index (χ0v) is 13.8. The third-order valence-electron chi connectivity index (χ3n) is 3.85. The first-order valence-electron chi connectivity index (χ1n) is 8.09. The number of nitrogens with one attached hydrogen (secondary N) is 1. The molecule has 0 bridgehead atoms. The molecule has 1 aromatic rings. The third-order valence-corrected chi connectivity index (χ3v) is 3.85. The van der Waals surface area contributed by atoms with Gasteiger partial charge in [0.25, 0.3) is 5.91 Å². The minimum Gasteiger partial charge on any atom is -0.273 e. The van der Waals surface area contributed by atoms with E-state index in [1.54, 1.807) is 12.1 Å². The Morgan fingerprint density at radius 3 is 2.18 bits per heavy atom. The standard InChI is InChI=1S/C18H26N2O2/c1-18(2,3)19-20(16(21)14-10-6-4-7-11-14)17(22)15-12-8-5-9-13-15/h4,6-7,10-11,15,19H,5,8-9,12-13H2,1-3H3. The highest BCUT2D eigenvalue weighted by Crippen LogP contribution is 2.26. The molecule has 0 aromatic heterocycles. The summed E-state index contributed by atoms with van der Waals surface area (Å²) in [4.78, 5) is 25.6. The monoisotopic (exact) mass is 302 g/mol. The van der Waals surface area contributed by atoms with Crippen molar-refractivity contribution in [1.29, 1.82) is 0 Å². The first-order valence-corrected chi connectivity index (χ1v) is 8.09. The van der Waals surface area contributed by atoms with Crippen LogP contribution in [-0.4, -0.2) is 22.4 Å². The lowest BCUT2D eigenvalue weighted by atomic mass is 9.88. The number of rotatable bonds is 3. The van der Waals surface area contributed by atoms with Crippen LogP contribution in [0.15, 0.2) is 30.3 Å². The van der Waals surface area contributed by atoms with Crippen molar-refractivity contribution in [2.45, 2.75) is 58.4 Å². The molecule has 4 heteroatoms. The highest BCUT2D eigenvalue weighted by Gasteiger charge is 2.32. The lowest BCUT2D eigenvalue weighted by molar-refractivity contribution is -0.137. The summed E-state index contributed by atoms with van der Waals surface area (Å²) in [5.41, 5.74) is 3.26. The van der Waals surface area contributed by atoms with Gasteiger partial charge in [0.05, 0.1) is 0 Å². The number of hydrogen-bond donors (Lipinski definition) is 1. The minimum absolute atomic E-state index is 0.0451. The normalized spacial score (nSPS) is 16.3. The summed E-state index contributed by atoms with van der Waals surface area (Å²) in [5, 5.41) is 1.24. The molecule has 0 radical (unpaired) electrons. The molecule has 0 saturated heterocycles. The van der Waals surface area contributed by atoms with Crippen LogP contribution in [0.4, 0.5) is 0 Å². The summed E-state index contributed by atoms with van der Waals surface area (Å²) in [6, 6.07) is 8.98. The van der Waals surface area contributed by atoms with Gasteiger partial charge in [-0.3, -0.25) is 9.59 Å². The van der Waals surface area contributed by atoms with Crippen LogP contribution < -0.4 is 5.43 Å². The van der Waals surface area contributed by atoms with Gasteiger partial charge in [0, 0.05) is 17.0 Å². The van der Waals surface area contributed by atoms with Crippen LogP contribution in [0.25, 0.3) is 0 Å². The van der Waals surface area contributed by atoms with E-state index in [4.69, 9.17) is 0 Å². The van der Waals surface area contributed by atoms with E-state index in [0.29, 0.717) is 5.56 Å². The van der Waals surface area contributed by atoms with Crippen molar-refractivity contribution in [1.82, 2.24) is 10.4 Å². The van der Waals surface area contributed by atoms with Crippen molar-refractivity contribution < 1.29 is 9.59 Å². The number of benzene rings is 1. The van der Waals surface area contributed by atoms with Crippen molar-refractivity contribution in [3.05, 3.63) is 35.9 Å². The molecule has 1 N–H and O–H groups in total. The Balaban J connectivity index is 2.22. The Bertz CT molecular complexity index is 514. The molecule has 1 aromatic carbocycles. The van der Waals surface area contributed by atoms with E-state index in [0.717, 1.165) is 25.7 Å². The third kappa shape index (κ3) is 4.41. The predicted octanol–water partition coefficient (Wildman–Crippen LogP) is 3.54. The van der Waals surface area contributed by atoms with Crippen molar-refractivity contribution >= 4 is 11.8 Å². The Labute approximate surface area is 132 Å². The fraction of sp³-hybridized carbons (Fsp3) is 0.556. The molecule has 2 amide bonds. The zero-order chi connectivity index (χ0) is 16.2. The summed E-state index contributed by atoms with van der Waals surface area (Å²) in [5.74, 6) is -0.411. The fourth-order valence-electron chi connectivity index (χ4n) is 2.78. The second-order valence-corrected chi connectivity index (χ2v) is 7.04. The largest absolute Gasteiger partial charge is 0.275 e. The molecule has 4 nitrogen and oxygen atoms in total. The molecule has 22 heavy (non-hydrogen) atoms. The number of hydrazine groups is 1. The Kier molecular flexibility index (Phi) is 5.35. The molecule has 0 heterocycles. The van der Waals surface area contributed by atoms with Gasteiger partial charge in [-0.2, -0.15) is 0 Å². The SMILES string of the molecule is CC(C)(C)NN(C(=O)c1ccccc1)C(=O)C1CCCCC1. The first-order chi connectivity index (χ1) is 10.4. The van der Waals surface area contributed by atoms with Crippen molar-refractivity contribution in [3.8, 4) is 0 Å². The van der Waals surface area contributed by atoms with E-state index >= 15 is 0 Å². The molecular formula is C18H26N2O2. The number of carbonyl (C=O) groups excluding carboxylic acids is 2. The molecule has 120 valence electrons. The van der Waals surface area contributed by atoms with Crippen LogP contribution in [0.2, 0.25) is 0 Å². The number of nitrogens with zero attached hydrogens (tertiary/aromatic N) is 1. The number of amides is 2. The van der Waals surface area contributed by atoms with Crippen LogP contribution >= 0.6 is 0 Å². The second-order valence-electron chi connectivity index (χ2n) is 7.04. The fourth-order valence-corrected chi connectivity index (χ4v) is 2.78. The van der Waals surface area contributed by atoms with Gasteiger partial charge in [0.2, 0.25) is 5.91 Å². The van der Waals surface area contributed by atoms with E-state index in [2.05, 4.69) is 5.43 Å². The molecule has 2 rings (SSSR count). The summed E-state index contributed by atoms with van der Waals surface area (Å²) in [6.07, 6.45) is 5.08. The smallest absolute Gasteiger partial charge is 0.273 e. The molecule has 0 spiro atoms. The van der Waals surface area contributed by atoms with Gasteiger partial charge < -0.3 is 0 Å². The predicted molar refractivity (Wildman–Crippen MR) is 87.1 cm³/mol. The van der Waals surface area contributed by atoms with Gasteiger partial charge in [0.15, 0.2) is 0 Å². The quantitative estimate of drug-likeness (QED) is 0.686. The van der Waals surface area contributed by atoms with E-state index < -0.39 is 0 Å². The van der Waals surface area contributed by atoms with Gasteiger partial charge in [0.1, 0.15) is 0 Å². The van der Waals surface area contributed by atoms with E-state index in [1.165, 1.54) is 11.4 Å². The lowest BCUT2D eigenvalue weighted by Gasteiger charge is -2.33. The Morgan fingerprint density at radius 1 is 1.05 bits per heavy atom. The molecule has 1 aliphatic rings. The van der Waals surface area contributed by atoms with E-state index in [9.17, 15) is 9.59 Å². The van der Waals surface area contributed by atoms with Crippen LogP contribution in [0.1, 0.15) is 63.2 Å². The maximum Gasteiger partial charge on any atom is 0.275 e. The van der Waals surface area contributed by atoms with Crippen molar-refractivity contribution in [2.24, 2.45) is 5.92 Å². The van der Waals surface area contributed by atoms with Crippen molar-refractivity contribution in [2.75, 3.05) is 0 Å². The average Bonchev–Trinajstić information content (AvgIpc) is 2.52. The molecule has 1 fully saturated rings. The number of carbonyl (C=O) groups is 2. The molecule has 1 saturated carbocycles. The van der Waals surface area contributed by atoms with Gasteiger partial charge in [-0.05, 0) is 45.7 Å². The molecular weight excluding hydrogens is 276 g/mol. The minimum atomic E-state index is -0.352. The molecule has 0 unspecified atom stereocenters. The second kappa shape index (κ2) is 7.05. The molecule has 0 aliphatic heterocycles. The molecule has 0 atom stereocenters. The summed E-state index contributed by atoms with van der Waals surface area (Å²) >= 11 is 0. The summed E-state index contributed by atoms with van der Waals surface area (Å²) in [6.45, 7) is 5.85. The Hall–Kier alpha value is -1.68. The maximum absolute atomic E-state index is 12.8. The summed E-state index contributed by atoms with van der Waals surface area (Å²) in [7, 11) is 0. The van der Waals surface area contributed by atoms with E-state index in [-0.39, 0.29) is 23.3 Å². The maximum atomic E-state index is 12.8. The summed E-state index contributed by atoms with van der Waals surface area (Å²) < 4.78 is 0. The van der Waals surface area contributed by atoms with Crippen LogP contribution in [-0.2, 0) is 4.79 Å². The average molecular weight is 302 g/mol. The number of hydrogen-bond acceptors (Lipinski definition) is 3. The molecule has 1 aliphatic carbocycles. The number of imide groups is 1. The lowest BCUT2D eigenvalue weighted by Crippen LogP contribution is -2.56. The van der Waals surface area contributed by atoms with Crippen LogP contribution in [0, 0.1) is 5.92 Å². The highest BCUT2D eigenvalue weighted by molar-refractivity contribution is 6.04. The first kappa shape index (κ1) is 16.7. The van der Waals surface area contributed by atoms with Crippen molar-refractivity contribution in [3.63, 3.8) is 0 Å². The van der Waals surface area contributed by atoms with Gasteiger partial charge in [-0.1, -0.05) is 37.5 Å².